The number of thiocarbonyl (C=S) groups is 1. The summed E-state index contributed by atoms with van der Waals surface area (Å²) in [5.41, 5.74) is 2.57. The predicted octanol–water partition coefficient (Wildman–Crippen LogP) is 4.51. The first-order chi connectivity index (χ1) is 16.0. The quantitative estimate of drug-likeness (QED) is 0.319. The number of rotatable bonds is 4. The summed E-state index contributed by atoms with van der Waals surface area (Å²) >= 11 is 5.46. The van der Waals surface area contributed by atoms with Crippen LogP contribution in [0, 0.1) is 0 Å². The van der Waals surface area contributed by atoms with Gasteiger partial charge in [0.05, 0.1) is 5.39 Å². The van der Waals surface area contributed by atoms with Crippen molar-refractivity contribution in [2.45, 2.75) is 4.90 Å². The van der Waals surface area contributed by atoms with Crippen LogP contribution >= 0.6 is 23.1 Å². The lowest BCUT2D eigenvalue weighted by molar-refractivity contribution is 0.313. The molecule has 1 aromatic carbocycles. The van der Waals surface area contributed by atoms with Gasteiger partial charge in [0.25, 0.3) is 0 Å². The first-order valence-electron chi connectivity index (χ1n) is 10.5. The van der Waals surface area contributed by atoms with Gasteiger partial charge >= 0.3 is 0 Å². The number of hydrogen-bond acceptors (Lipinski definition) is 5. The summed E-state index contributed by atoms with van der Waals surface area (Å²) in [5.74, 6) is -0.0952. The Hall–Kier alpha value is -3.02. The number of halogens is 2. The van der Waals surface area contributed by atoms with Gasteiger partial charge in [-0.15, -0.1) is 10.9 Å². The van der Waals surface area contributed by atoms with Crippen LogP contribution in [0.25, 0.3) is 11.0 Å². The van der Waals surface area contributed by atoms with E-state index in [4.69, 9.17) is 12.2 Å². The number of fused-ring (bicyclic) bond motifs is 1. The molecule has 5 rings (SSSR count). The van der Waals surface area contributed by atoms with Crippen LogP contribution in [-0.2, 0) is 0 Å². The highest BCUT2D eigenvalue weighted by atomic mass is 32.2. The minimum absolute atomic E-state index is 0.366. The zero-order valence-corrected chi connectivity index (χ0v) is 19.6. The van der Waals surface area contributed by atoms with E-state index >= 15 is 0 Å². The zero-order valence-electron chi connectivity index (χ0n) is 17.8. The van der Waals surface area contributed by atoms with Crippen LogP contribution < -0.4 is 15.5 Å². The number of pyridine rings is 1. The Balaban J connectivity index is 1.26. The van der Waals surface area contributed by atoms with Crippen LogP contribution in [0.4, 0.5) is 26.0 Å². The van der Waals surface area contributed by atoms with Gasteiger partial charge < -0.3 is 20.4 Å². The molecule has 0 radical (unpaired) electrons. The number of hydrogen-bond donors (Lipinski definition) is 4. The van der Waals surface area contributed by atoms with E-state index in [1.165, 1.54) is 17.3 Å². The Labute approximate surface area is 197 Å². The Bertz CT molecular complexity index is 1250. The lowest BCUT2D eigenvalue weighted by atomic mass is 10.2. The standard InChI is InChI=1S/C22H23F2N7S2/c1-30-6-8-31(9-7-30)16-4-2-15(3-5-16)26-22(32)27-21-18-11-17(12-25-20(18)28-29-21)33-13-14(23)10-19(33)24/h2-5,10-13,33H,6-9H2,1H3,(H3,25,26,27,28,29,32). The minimum Gasteiger partial charge on any atom is -0.369 e. The van der Waals surface area contributed by atoms with Gasteiger partial charge in [0.15, 0.2) is 16.6 Å². The summed E-state index contributed by atoms with van der Waals surface area (Å²) < 4.78 is 27.5. The van der Waals surface area contributed by atoms with E-state index in [1.807, 2.05) is 12.1 Å². The van der Waals surface area contributed by atoms with Crippen LogP contribution in [0.3, 0.4) is 0 Å². The number of anilines is 3. The van der Waals surface area contributed by atoms with Crippen molar-refractivity contribution in [2.24, 2.45) is 0 Å². The van der Waals surface area contributed by atoms with Gasteiger partial charge in [-0.3, -0.25) is 5.10 Å². The van der Waals surface area contributed by atoms with Crippen molar-refractivity contribution in [3.8, 4) is 0 Å². The number of thiol groups is 1. The molecular formula is C22H23F2N7S2. The molecule has 0 amide bonds. The van der Waals surface area contributed by atoms with Gasteiger partial charge in [0, 0.05) is 54.7 Å². The molecule has 33 heavy (non-hydrogen) atoms. The van der Waals surface area contributed by atoms with Crippen molar-refractivity contribution in [2.75, 3.05) is 48.8 Å². The molecule has 0 saturated carbocycles. The Morgan fingerprint density at radius 1 is 1.12 bits per heavy atom. The van der Waals surface area contributed by atoms with E-state index in [-0.39, 0.29) is 0 Å². The zero-order chi connectivity index (χ0) is 22.9. The third kappa shape index (κ3) is 4.70. The molecule has 0 spiro atoms. The van der Waals surface area contributed by atoms with Crippen LogP contribution in [-0.4, -0.2) is 58.4 Å². The summed E-state index contributed by atoms with van der Waals surface area (Å²) in [4.78, 5) is 9.59. The molecule has 7 nitrogen and oxygen atoms in total. The average Bonchev–Trinajstić information content (AvgIpc) is 3.36. The fraction of sp³-hybridized carbons (Fsp3) is 0.227. The number of aromatic nitrogens is 3. The van der Waals surface area contributed by atoms with E-state index in [0.29, 0.717) is 26.9 Å². The molecule has 3 aromatic rings. The fourth-order valence-electron chi connectivity index (χ4n) is 3.81. The topological polar surface area (TPSA) is 72.1 Å². The summed E-state index contributed by atoms with van der Waals surface area (Å²) in [5, 5.41) is 15.1. The maximum Gasteiger partial charge on any atom is 0.176 e. The summed E-state index contributed by atoms with van der Waals surface area (Å²) in [6.07, 6.45) is 2.45. The molecular weight excluding hydrogens is 464 g/mol. The second-order valence-corrected chi connectivity index (χ2v) is 10.3. The van der Waals surface area contributed by atoms with Gasteiger partial charge in [-0.05, 0) is 55.0 Å². The number of H-pyrrole nitrogens is 1. The first-order valence-corrected chi connectivity index (χ1v) is 12.3. The van der Waals surface area contributed by atoms with Crippen molar-refractivity contribution >= 4 is 56.5 Å². The van der Waals surface area contributed by atoms with Gasteiger partial charge in [0.2, 0.25) is 0 Å². The van der Waals surface area contributed by atoms with Crippen molar-refractivity contribution in [1.82, 2.24) is 20.1 Å². The lowest BCUT2D eigenvalue weighted by Crippen LogP contribution is -2.44. The molecule has 1 atom stereocenters. The molecule has 1 saturated heterocycles. The number of benzene rings is 1. The number of piperazine rings is 1. The molecule has 11 heteroatoms. The first kappa shape index (κ1) is 21.8. The predicted molar refractivity (Wildman–Crippen MR) is 136 cm³/mol. The molecule has 2 aliphatic rings. The molecule has 172 valence electrons. The lowest BCUT2D eigenvalue weighted by Gasteiger charge is -2.34. The molecule has 0 bridgehead atoms. The molecule has 1 unspecified atom stereocenters. The molecule has 2 aromatic heterocycles. The van der Waals surface area contributed by atoms with Gasteiger partial charge in [0.1, 0.15) is 11.0 Å². The van der Waals surface area contributed by atoms with E-state index in [2.05, 4.69) is 54.8 Å². The van der Waals surface area contributed by atoms with Gasteiger partial charge in [-0.25, -0.2) is 13.8 Å². The smallest absolute Gasteiger partial charge is 0.176 e. The maximum atomic E-state index is 14.1. The average molecular weight is 488 g/mol. The fourth-order valence-corrected chi connectivity index (χ4v) is 5.58. The SMILES string of the molecule is CN1CCN(c2ccc(NC(=S)Nc3n[nH]c4ncc([SH]5C=C(F)C=C5F)cc34)cc2)CC1. The molecule has 1 fully saturated rings. The number of likely N-dealkylation sites (N-methyl/N-ethyl adjacent to an activating group) is 1. The minimum atomic E-state index is -1.51. The normalized spacial score (nSPS) is 20.0. The summed E-state index contributed by atoms with van der Waals surface area (Å²) in [7, 11) is 0.630. The van der Waals surface area contributed by atoms with Crippen LogP contribution in [0.2, 0.25) is 0 Å². The maximum absolute atomic E-state index is 14.1. The van der Waals surface area contributed by atoms with Crippen molar-refractivity contribution in [3.05, 3.63) is 59.0 Å². The van der Waals surface area contributed by atoms with E-state index < -0.39 is 21.9 Å². The Morgan fingerprint density at radius 3 is 2.58 bits per heavy atom. The van der Waals surface area contributed by atoms with Gasteiger partial charge in [-0.1, -0.05) is 0 Å². The Kier molecular flexibility index (Phi) is 6.00. The number of nitrogens with one attached hydrogen (secondary N) is 3. The molecule has 2 aliphatic heterocycles. The van der Waals surface area contributed by atoms with Crippen LogP contribution in [0.5, 0.6) is 0 Å². The Morgan fingerprint density at radius 2 is 1.88 bits per heavy atom. The van der Waals surface area contributed by atoms with Crippen molar-refractivity contribution < 1.29 is 8.78 Å². The monoisotopic (exact) mass is 487 g/mol. The van der Waals surface area contributed by atoms with Crippen molar-refractivity contribution in [3.63, 3.8) is 0 Å². The highest BCUT2D eigenvalue weighted by molar-refractivity contribution is 8.23. The number of aromatic amines is 1. The molecule has 4 heterocycles. The third-order valence-electron chi connectivity index (χ3n) is 5.65. The number of allylic oxidation sites excluding steroid dienone is 2. The van der Waals surface area contributed by atoms with Crippen LogP contribution in [0.15, 0.2) is 63.9 Å². The number of nitrogens with zero attached hydrogens (tertiary/aromatic N) is 4. The summed E-state index contributed by atoms with van der Waals surface area (Å²) in [6, 6.07) is 9.89. The van der Waals surface area contributed by atoms with E-state index in [9.17, 15) is 8.78 Å². The largest absolute Gasteiger partial charge is 0.369 e. The second kappa shape index (κ2) is 9.08. The third-order valence-corrected chi connectivity index (χ3v) is 7.74. The molecule has 0 aliphatic carbocycles. The molecule has 3 N–H and O–H groups in total. The van der Waals surface area contributed by atoms with Crippen molar-refractivity contribution in [1.29, 1.82) is 0 Å². The highest BCUT2D eigenvalue weighted by Gasteiger charge is 2.20. The van der Waals surface area contributed by atoms with Gasteiger partial charge in [-0.2, -0.15) is 5.10 Å². The van der Waals surface area contributed by atoms with Crippen LogP contribution in [0.1, 0.15) is 0 Å². The summed E-state index contributed by atoms with van der Waals surface area (Å²) in [6.45, 7) is 4.13. The second-order valence-electron chi connectivity index (χ2n) is 7.93. The highest BCUT2D eigenvalue weighted by Crippen LogP contribution is 2.51. The van der Waals surface area contributed by atoms with E-state index in [0.717, 1.165) is 37.9 Å². The van der Waals surface area contributed by atoms with E-state index in [1.54, 1.807) is 6.07 Å².